The summed E-state index contributed by atoms with van der Waals surface area (Å²) >= 11 is 1.33. The molecule has 1 aromatic heterocycles. The first kappa shape index (κ1) is 24.7. The van der Waals surface area contributed by atoms with Crippen LogP contribution in [0, 0.1) is 5.82 Å². The zero-order valence-electron chi connectivity index (χ0n) is 20.2. The molecule has 0 radical (unpaired) electrons. The molecule has 0 aliphatic carbocycles. The van der Waals surface area contributed by atoms with Crippen LogP contribution >= 0.6 is 11.8 Å². The van der Waals surface area contributed by atoms with Crippen molar-refractivity contribution in [3.63, 3.8) is 0 Å². The largest absolute Gasteiger partial charge is 0.483 e. The molecule has 7 heteroatoms. The van der Waals surface area contributed by atoms with Crippen molar-refractivity contribution in [1.82, 2.24) is 14.8 Å². The van der Waals surface area contributed by atoms with Crippen molar-refractivity contribution >= 4 is 17.5 Å². The highest BCUT2D eigenvalue weighted by molar-refractivity contribution is 8.00. The van der Waals surface area contributed by atoms with E-state index in [1.807, 2.05) is 66.1 Å². The van der Waals surface area contributed by atoms with Crippen LogP contribution < -0.4 is 4.74 Å². The molecule has 180 valence electrons. The molecule has 4 rings (SSSR count). The molecule has 4 aromatic rings. The van der Waals surface area contributed by atoms with Gasteiger partial charge >= 0.3 is 0 Å². The summed E-state index contributed by atoms with van der Waals surface area (Å²) < 4.78 is 21.6. The van der Waals surface area contributed by atoms with E-state index in [2.05, 4.69) is 31.0 Å². The molecule has 0 aliphatic rings. The maximum atomic E-state index is 14.0. The average Bonchev–Trinajstić information content (AvgIpc) is 3.25. The maximum Gasteiger partial charge on any atom is 0.196 e. The molecular weight excluding hydrogens is 461 g/mol. The molecule has 35 heavy (non-hydrogen) atoms. The minimum atomic E-state index is -0.440. The van der Waals surface area contributed by atoms with Crippen molar-refractivity contribution in [1.29, 1.82) is 0 Å². The molecular formula is C28H28FN3O2S. The molecule has 0 saturated carbocycles. The number of hydrogen-bond acceptors (Lipinski definition) is 5. The fourth-order valence-electron chi connectivity index (χ4n) is 3.59. The van der Waals surface area contributed by atoms with Crippen LogP contribution in [0.15, 0.2) is 84.0 Å². The highest BCUT2D eigenvalue weighted by Gasteiger charge is 2.23. The Balaban J connectivity index is 1.57. The monoisotopic (exact) mass is 489 g/mol. The Labute approximate surface area is 209 Å². The topological polar surface area (TPSA) is 57.0 Å². The average molecular weight is 490 g/mol. The Morgan fingerprint density at radius 2 is 1.63 bits per heavy atom. The summed E-state index contributed by atoms with van der Waals surface area (Å²) in [6.45, 7) is 8.33. The van der Waals surface area contributed by atoms with Crippen LogP contribution in [0.1, 0.15) is 49.4 Å². The van der Waals surface area contributed by atoms with E-state index in [1.54, 1.807) is 18.2 Å². The summed E-state index contributed by atoms with van der Waals surface area (Å²) in [7, 11) is 0. The number of rotatable bonds is 8. The lowest BCUT2D eigenvalue weighted by atomic mass is 9.86. The fraction of sp³-hybridized carbons (Fsp3) is 0.250. The van der Waals surface area contributed by atoms with Crippen LogP contribution in [0.5, 0.6) is 5.75 Å². The van der Waals surface area contributed by atoms with Crippen molar-refractivity contribution in [2.75, 3.05) is 0 Å². The first-order chi connectivity index (χ1) is 16.7. The smallest absolute Gasteiger partial charge is 0.196 e. The van der Waals surface area contributed by atoms with Gasteiger partial charge in [-0.3, -0.25) is 9.36 Å². The Hall–Kier alpha value is -3.45. The third-order valence-corrected chi connectivity index (χ3v) is 6.64. The van der Waals surface area contributed by atoms with Crippen molar-refractivity contribution in [2.24, 2.45) is 0 Å². The van der Waals surface area contributed by atoms with Crippen LogP contribution in [-0.2, 0) is 12.0 Å². The second kappa shape index (κ2) is 10.4. The fourth-order valence-corrected chi connectivity index (χ4v) is 4.55. The third kappa shape index (κ3) is 5.80. The van der Waals surface area contributed by atoms with E-state index in [0.29, 0.717) is 16.5 Å². The number of hydrogen-bond donors (Lipinski definition) is 0. The first-order valence-electron chi connectivity index (χ1n) is 11.4. The number of ether oxygens (including phenoxy) is 1. The summed E-state index contributed by atoms with van der Waals surface area (Å²) in [5.74, 6) is 0.231. The second-order valence-corrected chi connectivity index (χ2v) is 10.5. The standard InChI is InChI=1S/C28H28FN3O2S/c1-19(26(33)20-14-16-21(17-15-20)28(2,3)4)35-27-31-30-25(32(27)22-10-6-5-7-11-22)18-34-24-13-9-8-12-23(24)29/h5-17,19H,18H2,1-4H3. The van der Waals surface area contributed by atoms with E-state index in [4.69, 9.17) is 4.74 Å². The van der Waals surface area contributed by atoms with Gasteiger partial charge in [0.2, 0.25) is 0 Å². The van der Waals surface area contributed by atoms with Crippen LogP contribution in [0.25, 0.3) is 5.69 Å². The van der Waals surface area contributed by atoms with E-state index in [-0.39, 0.29) is 28.8 Å². The third-order valence-electron chi connectivity index (χ3n) is 5.60. The molecule has 0 saturated heterocycles. The number of aromatic nitrogens is 3. The SMILES string of the molecule is CC(Sc1nnc(COc2ccccc2F)n1-c1ccccc1)C(=O)c1ccc(C(C)(C)C)cc1. The number of carbonyl (C=O) groups is 1. The molecule has 0 spiro atoms. The molecule has 0 fully saturated rings. The number of Topliss-reactive ketones (excluding diaryl/α,β-unsaturated/α-hetero) is 1. The molecule has 5 nitrogen and oxygen atoms in total. The van der Waals surface area contributed by atoms with E-state index in [0.717, 1.165) is 5.69 Å². The van der Waals surface area contributed by atoms with Crippen LogP contribution in [-0.4, -0.2) is 25.8 Å². The lowest BCUT2D eigenvalue weighted by molar-refractivity contribution is 0.0993. The predicted molar refractivity (Wildman–Crippen MR) is 137 cm³/mol. The van der Waals surface area contributed by atoms with Gasteiger partial charge in [0.05, 0.1) is 5.25 Å². The molecule has 0 N–H and O–H groups in total. The van der Waals surface area contributed by atoms with Gasteiger partial charge in [-0.25, -0.2) is 4.39 Å². The summed E-state index contributed by atoms with van der Waals surface area (Å²) in [6, 6.07) is 23.6. The first-order valence-corrected chi connectivity index (χ1v) is 12.3. The summed E-state index contributed by atoms with van der Waals surface area (Å²) in [5.41, 5.74) is 2.70. The maximum absolute atomic E-state index is 14.0. The zero-order chi connectivity index (χ0) is 25.0. The predicted octanol–water partition coefficient (Wildman–Crippen LogP) is 6.65. The van der Waals surface area contributed by atoms with E-state index in [9.17, 15) is 9.18 Å². The number of carbonyl (C=O) groups excluding carboxylic acids is 1. The van der Waals surface area contributed by atoms with E-state index < -0.39 is 5.82 Å². The molecule has 0 bridgehead atoms. The Bertz CT molecular complexity index is 1300. The van der Waals surface area contributed by atoms with Gasteiger partial charge in [-0.2, -0.15) is 0 Å². The molecule has 3 aromatic carbocycles. The summed E-state index contributed by atoms with van der Waals surface area (Å²) in [4.78, 5) is 13.2. The summed E-state index contributed by atoms with van der Waals surface area (Å²) in [5, 5.41) is 8.81. The molecule has 1 atom stereocenters. The molecule has 0 aliphatic heterocycles. The number of ketones is 1. The lowest BCUT2D eigenvalue weighted by Gasteiger charge is -2.19. The minimum Gasteiger partial charge on any atom is -0.483 e. The number of halogens is 1. The Kier molecular flexibility index (Phi) is 7.36. The van der Waals surface area contributed by atoms with Gasteiger partial charge in [-0.15, -0.1) is 10.2 Å². The van der Waals surface area contributed by atoms with Crippen molar-refractivity contribution in [2.45, 2.75) is 50.1 Å². The van der Waals surface area contributed by atoms with Crippen LogP contribution in [0.3, 0.4) is 0 Å². The van der Waals surface area contributed by atoms with Crippen molar-refractivity contribution in [3.8, 4) is 11.4 Å². The van der Waals surface area contributed by atoms with E-state index >= 15 is 0 Å². The number of nitrogens with zero attached hydrogens (tertiary/aromatic N) is 3. The number of thioether (sulfide) groups is 1. The Morgan fingerprint density at radius 1 is 0.971 bits per heavy atom. The minimum absolute atomic E-state index is 0.0160. The summed E-state index contributed by atoms with van der Waals surface area (Å²) in [6.07, 6.45) is 0. The van der Waals surface area contributed by atoms with Gasteiger partial charge in [-0.05, 0) is 42.2 Å². The quantitative estimate of drug-likeness (QED) is 0.205. The van der Waals surface area contributed by atoms with Gasteiger partial charge in [0.1, 0.15) is 6.61 Å². The number of benzene rings is 3. The van der Waals surface area contributed by atoms with E-state index in [1.165, 1.54) is 23.4 Å². The highest BCUT2D eigenvalue weighted by atomic mass is 32.2. The van der Waals surface area contributed by atoms with Crippen LogP contribution in [0.4, 0.5) is 4.39 Å². The van der Waals surface area contributed by atoms with Gasteiger partial charge < -0.3 is 4.74 Å². The van der Waals surface area contributed by atoms with Gasteiger partial charge in [0, 0.05) is 11.3 Å². The van der Waals surface area contributed by atoms with Gasteiger partial charge in [0.15, 0.2) is 28.3 Å². The molecule has 0 amide bonds. The lowest BCUT2D eigenvalue weighted by Crippen LogP contribution is -2.16. The van der Waals surface area contributed by atoms with Crippen molar-refractivity contribution < 1.29 is 13.9 Å². The normalized spacial score (nSPS) is 12.4. The van der Waals surface area contributed by atoms with Gasteiger partial charge in [0.25, 0.3) is 0 Å². The molecule has 1 heterocycles. The molecule has 1 unspecified atom stereocenters. The zero-order valence-corrected chi connectivity index (χ0v) is 21.1. The van der Waals surface area contributed by atoms with Crippen LogP contribution in [0.2, 0.25) is 0 Å². The van der Waals surface area contributed by atoms with Gasteiger partial charge in [-0.1, -0.05) is 87.1 Å². The number of para-hydroxylation sites is 2. The second-order valence-electron chi connectivity index (χ2n) is 9.24. The van der Waals surface area contributed by atoms with Crippen molar-refractivity contribution in [3.05, 3.63) is 102 Å². The Morgan fingerprint density at radius 3 is 2.29 bits per heavy atom. The highest BCUT2D eigenvalue weighted by Crippen LogP contribution is 2.29.